The van der Waals surface area contributed by atoms with Gasteiger partial charge in [-0.05, 0) is 24.6 Å². The molecule has 6 heteroatoms. The van der Waals surface area contributed by atoms with E-state index >= 15 is 0 Å². The Morgan fingerprint density at radius 2 is 2.26 bits per heavy atom. The molecule has 0 saturated carbocycles. The first-order valence-corrected chi connectivity index (χ1v) is 7.15. The van der Waals surface area contributed by atoms with Crippen LogP contribution < -0.4 is 14.8 Å². The molecule has 0 saturated heterocycles. The van der Waals surface area contributed by atoms with Crippen LogP contribution in [0.5, 0.6) is 11.5 Å². The Kier molecular flexibility index (Phi) is 3.59. The number of fused-ring (bicyclic) bond motifs is 1. The summed E-state index contributed by atoms with van der Waals surface area (Å²) in [6, 6.07) is 6.20. The van der Waals surface area contributed by atoms with E-state index in [9.17, 15) is 0 Å². The number of rotatable bonds is 4. The maximum absolute atomic E-state index is 5.85. The summed E-state index contributed by atoms with van der Waals surface area (Å²) in [5, 5.41) is 4.40. The van der Waals surface area contributed by atoms with E-state index < -0.39 is 0 Å². The molecule has 0 radical (unpaired) electrons. The van der Waals surface area contributed by atoms with Crippen LogP contribution >= 0.6 is 22.9 Å². The zero-order valence-electron chi connectivity index (χ0n) is 10.4. The number of halogens is 1. The first kappa shape index (κ1) is 12.7. The summed E-state index contributed by atoms with van der Waals surface area (Å²) >= 11 is 7.35. The van der Waals surface area contributed by atoms with Crippen LogP contribution in [-0.2, 0) is 6.54 Å². The minimum atomic E-state index is 0.206. The molecule has 3 rings (SSSR count). The van der Waals surface area contributed by atoms with Crippen molar-refractivity contribution in [2.45, 2.75) is 19.5 Å². The molecular formula is C13H13ClN2O2S. The second-order valence-corrected chi connectivity index (χ2v) is 6.02. The fourth-order valence-corrected chi connectivity index (χ4v) is 2.82. The lowest BCUT2D eigenvalue weighted by Gasteiger charge is -2.13. The molecule has 0 aliphatic carbocycles. The Morgan fingerprint density at radius 1 is 1.42 bits per heavy atom. The van der Waals surface area contributed by atoms with Gasteiger partial charge < -0.3 is 14.8 Å². The third-order valence-corrected chi connectivity index (χ3v) is 4.10. The Hall–Kier alpha value is -1.30. The Morgan fingerprint density at radius 3 is 3.05 bits per heavy atom. The third kappa shape index (κ3) is 2.83. The molecule has 0 fully saturated rings. The Balaban J connectivity index is 1.65. The van der Waals surface area contributed by atoms with Gasteiger partial charge in [-0.25, -0.2) is 4.98 Å². The average molecular weight is 297 g/mol. The topological polar surface area (TPSA) is 43.4 Å². The second-order valence-electron chi connectivity index (χ2n) is 4.27. The molecule has 0 spiro atoms. The molecule has 1 aromatic heterocycles. The van der Waals surface area contributed by atoms with Gasteiger partial charge in [-0.15, -0.1) is 11.3 Å². The quantitative estimate of drug-likeness (QED) is 0.939. The number of nitrogens with zero attached hydrogens (tertiary/aromatic N) is 1. The molecule has 4 nitrogen and oxygen atoms in total. The van der Waals surface area contributed by atoms with Gasteiger partial charge in [-0.2, -0.15) is 0 Å². The Labute approximate surface area is 120 Å². The summed E-state index contributed by atoms with van der Waals surface area (Å²) < 4.78 is 11.4. The van der Waals surface area contributed by atoms with E-state index in [1.807, 2.05) is 18.2 Å². The van der Waals surface area contributed by atoms with Crippen molar-refractivity contribution in [2.75, 3.05) is 6.79 Å². The van der Waals surface area contributed by atoms with Crippen LogP contribution in [0.2, 0.25) is 4.34 Å². The largest absolute Gasteiger partial charge is 0.454 e. The highest BCUT2D eigenvalue weighted by atomic mass is 35.5. The smallest absolute Gasteiger partial charge is 0.231 e. The van der Waals surface area contributed by atoms with Crippen molar-refractivity contribution in [3.05, 3.63) is 39.3 Å². The zero-order valence-corrected chi connectivity index (χ0v) is 11.9. The number of aromatic nitrogens is 1. The van der Waals surface area contributed by atoms with Crippen LogP contribution in [0.1, 0.15) is 23.5 Å². The number of hydrogen-bond donors (Lipinski definition) is 1. The van der Waals surface area contributed by atoms with Crippen molar-refractivity contribution >= 4 is 22.9 Å². The average Bonchev–Trinajstić information content (AvgIpc) is 3.03. The monoisotopic (exact) mass is 296 g/mol. The number of thiazole rings is 1. The zero-order chi connectivity index (χ0) is 13.2. The highest BCUT2D eigenvalue weighted by Crippen LogP contribution is 2.34. The molecule has 19 heavy (non-hydrogen) atoms. The molecule has 2 aromatic rings. The van der Waals surface area contributed by atoms with Gasteiger partial charge in [0.15, 0.2) is 11.5 Å². The molecule has 1 aliphatic heterocycles. The summed E-state index contributed by atoms with van der Waals surface area (Å²) in [7, 11) is 0. The number of ether oxygens (including phenoxy) is 2. The lowest BCUT2D eigenvalue weighted by Crippen LogP contribution is -2.17. The van der Waals surface area contributed by atoms with E-state index in [-0.39, 0.29) is 6.04 Å². The van der Waals surface area contributed by atoms with E-state index in [1.54, 1.807) is 6.20 Å². The highest BCUT2D eigenvalue weighted by Gasteiger charge is 2.15. The van der Waals surface area contributed by atoms with Gasteiger partial charge in [-0.1, -0.05) is 17.7 Å². The van der Waals surface area contributed by atoms with Crippen LogP contribution in [0.3, 0.4) is 0 Å². The molecular weight excluding hydrogens is 284 g/mol. The van der Waals surface area contributed by atoms with Gasteiger partial charge >= 0.3 is 0 Å². The summed E-state index contributed by atoms with van der Waals surface area (Å²) in [6.07, 6.45) is 1.68. The second kappa shape index (κ2) is 5.36. The van der Waals surface area contributed by atoms with Crippen LogP contribution in [0.4, 0.5) is 0 Å². The standard InChI is InChI=1S/C13H13ClN2O2S/c1-8(15-6-13-16-5-12(14)19-13)9-2-3-10-11(4-9)18-7-17-10/h2-5,8,15H,6-7H2,1H3. The number of benzene rings is 1. The van der Waals surface area contributed by atoms with E-state index in [0.29, 0.717) is 17.7 Å². The fourth-order valence-electron chi connectivity index (χ4n) is 1.91. The minimum Gasteiger partial charge on any atom is -0.454 e. The third-order valence-electron chi connectivity index (χ3n) is 2.98. The van der Waals surface area contributed by atoms with Crippen molar-refractivity contribution in [3.8, 4) is 11.5 Å². The molecule has 1 N–H and O–H groups in total. The van der Waals surface area contributed by atoms with Gasteiger partial charge in [0.1, 0.15) is 9.34 Å². The molecule has 100 valence electrons. The molecule has 0 amide bonds. The lowest BCUT2D eigenvalue weighted by atomic mass is 10.1. The van der Waals surface area contributed by atoms with Crippen molar-refractivity contribution in [3.63, 3.8) is 0 Å². The van der Waals surface area contributed by atoms with Crippen LogP contribution in [0, 0.1) is 0 Å². The van der Waals surface area contributed by atoms with Crippen molar-refractivity contribution < 1.29 is 9.47 Å². The van der Waals surface area contributed by atoms with Gasteiger partial charge in [-0.3, -0.25) is 0 Å². The van der Waals surface area contributed by atoms with Crippen LogP contribution in [-0.4, -0.2) is 11.8 Å². The summed E-state index contributed by atoms with van der Waals surface area (Å²) in [5.74, 6) is 1.62. The summed E-state index contributed by atoms with van der Waals surface area (Å²) in [4.78, 5) is 4.22. The molecule has 2 heterocycles. The predicted octanol–water partition coefficient (Wildman–Crippen LogP) is 3.38. The Bertz CT molecular complexity index is 588. The van der Waals surface area contributed by atoms with Crippen molar-refractivity contribution in [2.24, 2.45) is 0 Å². The van der Waals surface area contributed by atoms with Crippen molar-refractivity contribution in [1.29, 1.82) is 0 Å². The summed E-state index contributed by atoms with van der Waals surface area (Å²) in [6.45, 7) is 3.11. The molecule has 1 aliphatic rings. The highest BCUT2D eigenvalue weighted by molar-refractivity contribution is 7.15. The van der Waals surface area contributed by atoms with Gasteiger partial charge in [0.25, 0.3) is 0 Å². The minimum absolute atomic E-state index is 0.206. The number of hydrogen-bond acceptors (Lipinski definition) is 5. The number of nitrogens with one attached hydrogen (secondary N) is 1. The lowest BCUT2D eigenvalue weighted by molar-refractivity contribution is 0.174. The van der Waals surface area contributed by atoms with Gasteiger partial charge in [0, 0.05) is 12.6 Å². The fraction of sp³-hybridized carbons (Fsp3) is 0.308. The van der Waals surface area contributed by atoms with Gasteiger partial charge in [0.05, 0.1) is 6.20 Å². The van der Waals surface area contributed by atoms with Crippen molar-refractivity contribution in [1.82, 2.24) is 10.3 Å². The normalized spacial score (nSPS) is 14.6. The van der Waals surface area contributed by atoms with E-state index in [4.69, 9.17) is 21.1 Å². The first-order valence-electron chi connectivity index (χ1n) is 5.95. The van der Waals surface area contributed by atoms with Crippen LogP contribution in [0.25, 0.3) is 0 Å². The van der Waals surface area contributed by atoms with E-state index in [2.05, 4.69) is 17.2 Å². The SMILES string of the molecule is CC(NCc1ncc(Cl)s1)c1ccc2c(c1)OCO2. The summed E-state index contributed by atoms with van der Waals surface area (Å²) in [5.41, 5.74) is 1.16. The van der Waals surface area contributed by atoms with Gasteiger partial charge in [0.2, 0.25) is 6.79 Å². The molecule has 1 unspecified atom stereocenters. The van der Waals surface area contributed by atoms with Crippen LogP contribution in [0.15, 0.2) is 24.4 Å². The molecule has 1 atom stereocenters. The van der Waals surface area contributed by atoms with E-state index in [1.165, 1.54) is 11.3 Å². The first-order chi connectivity index (χ1) is 9.22. The molecule has 0 bridgehead atoms. The maximum atomic E-state index is 5.85. The van der Waals surface area contributed by atoms with E-state index in [0.717, 1.165) is 22.1 Å². The predicted molar refractivity (Wildman–Crippen MR) is 74.9 cm³/mol. The maximum Gasteiger partial charge on any atom is 0.231 e. The molecule has 1 aromatic carbocycles.